The zero-order chi connectivity index (χ0) is 12.2. The number of aromatic nitrogens is 3. The molecule has 0 spiro atoms. The van der Waals surface area contributed by atoms with Gasteiger partial charge >= 0.3 is 0 Å². The van der Waals surface area contributed by atoms with E-state index >= 15 is 0 Å². The summed E-state index contributed by atoms with van der Waals surface area (Å²) in [7, 11) is 0. The molecule has 18 heavy (non-hydrogen) atoms. The van der Waals surface area contributed by atoms with Crippen LogP contribution in [0.3, 0.4) is 0 Å². The summed E-state index contributed by atoms with van der Waals surface area (Å²) in [6.07, 6.45) is 8.83. The first kappa shape index (κ1) is 10.7. The SMILES string of the molecule is c1cc(NCc2cncnc2)c2ccncc2c1. The summed E-state index contributed by atoms with van der Waals surface area (Å²) in [5.41, 5.74) is 2.15. The van der Waals surface area contributed by atoms with Crippen molar-refractivity contribution in [3.63, 3.8) is 0 Å². The summed E-state index contributed by atoms with van der Waals surface area (Å²) in [5, 5.41) is 5.70. The maximum atomic E-state index is 4.12. The molecule has 0 saturated carbocycles. The average Bonchev–Trinajstić information content (AvgIpc) is 2.46. The Labute approximate surface area is 105 Å². The number of anilines is 1. The lowest BCUT2D eigenvalue weighted by molar-refractivity contribution is 1.05. The summed E-state index contributed by atoms with van der Waals surface area (Å²) in [4.78, 5) is 12.1. The van der Waals surface area contributed by atoms with Gasteiger partial charge in [0.1, 0.15) is 6.33 Å². The van der Waals surface area contributed by atoms with Crippen LogP contribution in [-0.4, -0.2) is 15.0 Å². The van der Waals surface area contributed by atoms with E-state index in [1.807, 2.05) is 30.7 Å². The predicted octanol–water partition coefficient (Wildman–Crippen LogP) is 2.64. The first-order valence-corrected chi connectivity index (χ1v) is 5.74. The lowest BCUT2D eigenvalue weighted by atomic mass is 10.1. The second-order valence-corrected chi connectivity index (χ2v) is 4.00. The van der Waals surface area contributed by atoms with E-state index in [1.165, 1.54) is 11.7 Å². The molecule has 2 heterocycles. The fraction of sp³-hybridized carbons (Fsp3) is 0.0714. The monoisotopic (exact) mass is 236 g/mol. The third-order valence-corrected chi connectivity index (χ3v) is 2.78. The molecule has 88 valence electrons. The third-order valence-electron chi connectivity index (χ3n) is 2.78. The largest absolute Gasteiger partial charge is 0.380 e. The lowest BCUT2D eigenvalue weighted by Gasteiger charge is -2.09. The smallest absolute Gasteiger partial charge is 0.115 e. The molecular formula is C14H12N4. The standard InChI is InChI=1S/C14H12N4/c1-2-12-9-15-5-4-13(12)14(3-1)18-8-11-6-16-10-17-7-11/h1-7,9-10,18H,8H2. The van der Waals surface area contributed by atoms with E-state index in [0.717, 1.165) is 16.6 Å². The molecule has 4 nitrogen and oxygen atoms in total. The van der Waals surface area contributed by atoms with Crippen molar-refractivity contribution in [3.8, 4) is 0 Å². The Bertz CT molecular complexity index is 647. The molecule has 3 aromatic rings. The Balaban J connectivity index is 1.87. The summed E-state index contributed by atoms with van der Waals surface area (Å²) < 4.78 is 0. The normalized spacial score (nSPS) is 10.4. The van der Waals surface area contributed by atoms with Crippen LogP contribution >= 0.6 is 0 Å². The highest BCUT2D eigenvalue weighted by atomic mass is 14.9. The van der Waals surface area contributed by atoms with Gasteiger partial charge in [-0.05, 0) is 12.1 Å². The number of fused-ring (bicyclic) bond motifs is 1. The molecule has 0 unspecified atom stereocenters. The van der Waals surface area contributed by atoms with E-state index in [-0.39, 0.29) is 0 Å². The van der Waals surface area contributed by atoms with Crippen LogP contribution in [0.15, 0.2) is 55.4 Å². The fourth-order valence-corrected chi connectivity index (χ4v) is 1.90. The van der Waals surface area contributed by atoms with Gasteiger partial charge < -0.3 is 5.32 Å². The van der Waals surface area contributed by atoms with Crippen LogP contribution in [0.5, 0.6) is 0 Å². The topological polar surface area (TPSA) is 50.7 Å². The van der Waals surface area contributed by atoms with Crippen molar-refractivity contribution in [1.82, 2.24) is 15.0 Å². The van der Waals surface area contributed by atoms with E-state index in [4.69, 9.17) is 0 Å². The summed E-state index contributed by atoms with van der Waals surface area (Å²) in [6.45, 7) is 0.711. The molecule has 3 rings (SSSR count). The highest BCUT2D eigenvalue weighted by Gasteiger charge is 2.00. The maximum Gasteiger partial charge on any atom is 0.115 e. The van der Waals surface area contributed by atoms with Crippen molar-refractivity contribution in [2.75, 3.05) is 5.32 Å². The first-order valence-electron chi connectivity index (χ1n) is 5.74. The van der Waals surface area contributed by atoms with E-state index in [2.05, 4.69) is 32.4 Å². The van der Waals surface area contributed by atoms with Crippen molar-refractivity contribution in [2.24, 2.45) is 0 Å². The van der Waals surface area contributed by atoms with Gasteiger partial charge in [0.2, 0.25) is 0 Å². The van der Waals surface area contributed by atoms with Gasteiger partial charge in [-0.15, -0.1) is 0 Å². The van der Waals surface area contributed by atoms with Gasteiger partial charge in [-0.2, -0.15) is 0 Å². The van der Waals surface area contributed by atoms with Gasteiger partial charge in [0.15, 0.2) is 0 Å². The Hall–Kier alpha value is -2.49. The molecule has 0 aliphatic rings. The van der Waals surface area contributed by atoms with E-state index in [1.54, 1.807) is 6.20 Å². The van der Waals surface area contributed by atoms with Crippen LogP contribution in [0.1, 0.15) is 5.56 Å². The molecule has 1 N–H and O–H groups in total. The Kier molecular flexibility index (Phi) is 2.84. The van der Waals surface area contributed by atoms with E-state index < -0.39 is 0 Å². The number of rotatable bonds is 3. The second kappa shape index (κ2) is 4.79. The highest BCUT2D eigenvalue weighted by Crippen LogP contribution is 2.22. The van der Waals surface area contributed by atoms with Gasteiger partial charge in [0, 0.05) is 53.4 Å². The quantitative estimate of drug-likeness (QED) is 0.759. The van der Waals surface area contributed by atoms with Gasteiger partial charge in [-0.1, -0.05) is 12.1 Å². The van der Waals surface area contributed by atoms with Crippen molar-refractivity contribution < 1.29 is 0 Å². The Morgan fingerprint density at radius 1 is 0.944 bits per heavy atom. The van der Waals surface area contributed by atoms with Crippen LogP contribution in [0.2, 0.25) is 0 Å². The van der Waals surface area contributed by atoms with Gasteiger partial charge in [0.05, 0.1) is 0 Å². The number of benzene rings is 1. The zero-order valence-corrected chi connectivity index (χ0v) is 9.74. The molecule has 0 aliphatic heterocycles. The first-order chi connectivity index (χ1) is 8.93. The molecule has 0 amide bonds. The molecule has 0 saturated heterocycles. The summed E-state index contributed by atoms with van der Waals surface area (Å²) in [6, 6.07) is 8.15. The average molecular weight is 236 g/mol. The van der Waals surface area contributed by atoms with Crippen molar-refractivity contribution in [1.29, 1.82) is 0 Å². The third kappa shape index (κ3) is 2.13. The predicted molar refractivity (Wildman–Crippen MR) is 71.1 cm³/mol. The zero-order valence-electron chi connectivity index (χ0n) is 9.74. The Morgan fingerprint density at radius 3 is 2.72 bits per heavy atom. The van der Waals surface area contributed by atoms with Crippen LogP contribution in [0.25, 0.3) is 10.8 Å². The van der Waals surface area contributed by atoms with E-state index in [9.17, 15) is 0 Å². The molecule has 0 atom stereocenters. The minimum absolute atomic E-state index is 0.711. The number of pyridine rings is 1. The molecule has 0 bridgehead atoms. The van der Waals surface area contributed by atoms with Crippen molar-refractivity contribution in [3.05, 3.63) is 60.9 Å². The molecule has 1 aromatic carbocycles. The van der Waals surface area contributed by atoms with E-state index in [0.29, 0.717) is 6.54 Å². The summed E-state index contributed by atoms with van der Waals surface area (Å²) >= 11 is 0. The van der Waals surface area contributed by atoms with Gasteiger partial charge in [-0.25, -0.2) is 9.97 Å². The van der Waals surface area contributed by atoms with Gasteiger partial charge in [-0.3, -0.25) is 4.98 Å². The van der Waals surface area contributed by atoms with Crippen LogP contribution in [0.4, 0.5) is 5.69 Å². The van der Waals surface area contributed by atoms with Crippen LogP contribution in [-0.2, 0) is 6.54 Å². The number of hydrogen-bond acceptors (Lipinski definition) is 4. The fourth-order valence-electron chi connectivity index (χ4n) is 1.90. The van der Waals surface area contributed by atoms with Crippen LogP contribution < -0.4 is 5.32 Å². The summed E-state index contributed by atoms with van der Waals surface area (Å²) in [5.74, 6) is 0. The number of nitrogens with zero attached hydrogens (tertiary/aromatic N) is 3. The molecule has 0 radical (unpaired) electrons. The van der Waals surface area contributed by atoms with Crippen molar-refractivity contribution >= 4 is 16.5 Å². The second-order valence-electron chi connectivity index (χ2n) is 4.00. The van der Waals surface area contributed by atoms with Gasteiger partial charge in [0.25, 0.3) is 0 Å². The minimum atomic E-state index is 0.711. The lowest BCUT2D eigenvalue weighted by Crippen LogP contribution is -2.00. The molecule has 0 fully saturated rings. The highest BCUT2D eigenvalue weighted by molar-refractivity contribution is 5.93. The molecule has 2 aromatic heterocycles. The van der Waals surface area contributed by atoms with Crippen LogP contribution in [0, 0.1) is 0 Å². The molecule has 4 heteroatoms. The number of nitrogens with one attached hydrogen (secondary N) is 1. The number of hydrogen-bond donors (Lipinski definition) is 1. The minimum Gasteiger partial charge on any atom is -0.380 e. The maximum absolute atomic E-state index is 4.12. The van der Waals surface area contributed by atoms with Crippen molar-refractivity contribution in [2.45, 2.75) is 6.54 Å². The molecular weight excluding hydrogens is 224 g/mol. The Morgan fingerprint density at radius 2 is 1.83 bits per heavy atom. The molecule has 0 aliphatic carbocycles.